The van der Waals surface area contributed by atoms with E-state index >= 15 is 0 Å². The minimum Gasteiger partial charge on any atom is -0.482 e. The summed E-state index contributed by atoms with van der Waals surface area (Å²) in [5.74, 6) is 0.236. The summed E-state index contributed by atoms with van der Waals surface area (Å²) in [6.07, 6.45) is 0. The molecule has 0 bridgehead atoms. The van der Waals surface area contributed by atoms with E-state index in [0.29, 0.717) is 55.3 Å². The maximum Gasteiger partial charge on any atom is 0.265 e. The molecule has 0 saturated carbocycles. The van der Waals surface area contributed by atoms with Gasteiger partial charge in [-0.15, -0.1) is 0 Å². The molecular weight excluding hydrogens is 410 g/mol. The van der Waals surface area contributed by atoms with E-state index < -0.39 is 0 Å². The average molecular weight is 435 g/mol. The zero-order valence-electron chi connectivity index (χ0n) is 18.2. The zero-order valence-corrected chi connectivity index (χ0v) is 18.2. The van der Waals surface area contributed by atoms with Gasteiger partial charge in [0.25, 0.3) is 11.8 Å². The van der Waals surface area contributed by atoms with E-state index in [2.05, 4.69) is 0 Å². The van der Waals surface area contributed by atoms with Crippen LogP contribution in [0.25, 0.3) is 0 Å². The molecule has 2 aliphatic heterocycles. The molecular formula is C24H25N3O5. The minimum atomic E-state index is -0.193. The lowest BCUT2D eigenvalue weighted by Crippen LogP contribution is -2.50. The lowest BCUT2D eigenvalue weighted by Gasteiger charge is -2.34. The van der Waals surface area contributed by atoms with Crippen LogP contribution < -0.4 is 9.64 Å². The fourth-order valence-corrected chi connectivity index (χ4v) is 3.94. The molecule has 2 aromatic rings. The fraction of sp³-hybridized carbons (Fsp3) is 0.333. The Labute approximate surface area is 186 Å². The SMILES string of the molecule is CC(=O)c1ccc2c(c1)N(Cc1ccc(C(=O)N3CCN(C(C)=O)CC3)cc1)C(=O)CO2. The number of nitrogens with zero attached hydrogens (tertiary/aromatic N) is 3. The van der Waals surface area contributed by atoms with E-state index in [-0.39, 0.29) is 30.1 Å². The molecule has 0 unspecified atom stereocenters. The molecule has 0 aromatic heterocycles. The predicted octanol–water partition coefficient (Wildman–Crippen LogP) is 2.12. The lowest BCUT2D eigenvalue weighted by atomic mass is 10.1. The van der Waals surface area contributed by atoms with Crippen LogP contribution in [0.4, 0.5) is 5.69 Å². The smallest absolute Gasteiger partial charge is 0.265 e. The van der Waals surface area contributed by atoms with Gasteiger partial charge in [-0.25, -0.2) is 0 Å². The van der Waals surface area contributed by atoms with E-state index in [0.717, 1.165) is 5.56 Å². The zero-order chi connectivity index (χ0) is 22.8. The Kier molecular flexibility index (Phi) is 5.94. The number of anilines is 1. The lowest BCUT2D eigenvalue weighted by molar-refractivity contribution is -0.130. The van der Waals surface area contributed by atoms with Crippen molar-refractivity contribution in [3.05, 3.63) is 59.2 Å². The van der Waals surface area contributed by atoms with Crippen molar-refractivity contribution in [2.75, 3.05) is 37.7 Å². The number of hydrogen-bond donors (Lipinski definition) is 0. The van der Waals surface area contributed by atoms with Crippen LogP contribution in [0, 0.1) is 0 Å². The average Bonchev–Trinajstić information content (AvgIpc) is 2.80. The van der Waals surface area contributed by atoms with Crippen LogP contribution in [0.3, 0.4) is 0 Å². The molecule has 8 nitrogen and oxygen atoms in total. The van der Waals surface area contributed by atoms with Crippen molar-refractivity contribution >= 4 is 29.2 Å². The Morgan fingerprint density at radius 2 is 1.50 bits per heavy atom. The van der Waals surface area contributed by atoms with Crippen molar-refractivity contribution in [2.24, 2.45) is 0 Å². The molecule has 1 saturated heterocycles. The maximum absolute atomic E-state index is 12.8. The molecule has 3 amide bonds. The van der Waals surface area contributed by atoms with Crippen LogP contribution >= 0.6 is 0 Å². The molecule has 2 heterocycles. The van der Waals surface area contributed by atoms with Crippen LogP contribution in [0.2, 0.25) is 0 Å². The van der Waals surface area contributed by atoms with Crippen molar-refractivity contribution in [2.45, 2.75) is 20.4 Å². The molecule has 32 heavy (non-hydrogen) atoms. The van der Waals surface area contributed by atoms with Gasteiger partial charge in [0.05, 0.1) is 12.2 Å². The number of amides is 3. The van der Waals surface area contributed by atoms with Crippen molar-refractivity contribution in [3.63, 3.8) is 0 Å². The van der Waals surface area contributed by atoms with Crippen LogP contribution in [0.5, 0.6) is 5.75 Å². The van der Waals surface area contributed by atoms with Gasteiger partial charge in [-0.05, 0) is 42.8 Å². The Morgan fingerprint density at radius 1 is 0.875 bits per heavy atom. The van der Waals surface area contributed by atoms with Crippen LogP contribution in [0.1, 0.15) is 40.1 Å². The number of Topliss-reactive ketones (excluding diaryl/α,β-unsaturated/α-hetero) is 1. The van der Waals surface area contributed by atoms with Gasteiger partial charge in [0.2, 0.25) is 5.91 Å². The van der Waals surface area contributed by atoms with Crippen molar-refractivity contribution in [1.82, 2.24) is 9.80 Å². The summed E-state index contributed by atoms with van der Waals surface area (Å²) in [6, 6.07) is 12.2. The van der Waals surface area contributed by atoms with Gasteiger partial charge < -0.3 is 19.4 Å². The van der Waals surface area contributed by atoms with Gasteiger partial charge in [-0.3, -0.25) is 19.2 Å². The summed E-state index contributed by atoms with van der Waals surface area (Å²) in [5, 5.41) is 0. The number of ether oxygens (including phenoxy) is 1. The highest BCUT2D eigenvalue weighted by Crippen LogP contribution is 2.34. The van der Waals surface area contributed by atoms with E-state index in [9.17, 15) is 19.2 Å². The first-order valence-corrected chi connectivity index (χ1v) is 10.6. The number of benzene rings is 2. The van der Waals surface area contributed by atoms with E-state index in [1.54, 1.807) is 45.0 Å². The van der Waals surface area contributed by atoms with Crippen molar-refractivity contribution in [3.8, 4) is 5.75 Å². The largest absolute Gasteiger partial charge is 0.482 e. The topological polar surface area (TPSA) is 87.2 Å². The summed E-state index contributed by atoms with van der Waals surface area (Å²) >= 11 is 0. The summed E-state index contributed by atoms with van der Waals surface area (Å²) in [7, 11) is 0. The summed E-state index contributed by atoms with van der Waals surface area (Å²) in [4.78, 5) is 53.6. The number of carbonyl (C=O) groups is 4. The van der Waals surface area contributed by atoms with E-state index in [1.165, 1.54) is 13.8 Å². The first-order chi connectivity index (χ1) is 15.3. The summed E-state index contributed by atoms with van der Waals surface area (Å²) in [6.45, 7) is 5.37. The monoisotopic (exact) mass is 435 g/mol. The van der Waals surface area contributed by atoms with E-state index in [4.69, 9.17) is 4.74 Å². The molecule has 0 N–H and O–H groups in total. The molecule has 0 aliphatic carbocycles. The van der Waals surface area contributed by atoms with Gasteiger partial charge in [0.1, 0.15) is 5.75 Å². The highest BCUT2D eigenvalue weighted by Gasteiger charge is 2.27. The first-order valence-electron chi connectivity index (χ1n) is 10.6. The number of ketones is 1. The third-order valence-corrected chi connectivity index (χ3v) is 5.86. The highest BCUT2D eigenvalue weighted by atomic mass is 16.5. The highest BCUT2D eigenvalue weighted by molar-refractivity contribution is 6.01. The minimum absolute atomic E-state index is 0.0242. The molecule has 4 rings (SSSR count). The molecule has 2 aromatic carbocycles. The van der Waals surface area contributed by atoms with Gasteiger partial charge in [0, 0.05) is 44.2 Å². The first kappa shape index (κ1) is 21.5. The van der Waals surface area contributed by atoms with Gasteiger partial charge in [-0.2, -0.15) is 0 Å². The van der Waals surface area contributed by atoms with Gasteiger partial charge >= 0.3 is 0 Å². The van der Waals surface area contributed by atoms with Crippen molar-refractivity contribution in [1.29, 1.82) is 0 Å². The summed E-state index contributed by atoms with van der Waals surface area (Å²) < 4.78 is 5.50. The van der Waals surface area contributed by atoms with Crippen LogP contribution in [-0.2, 0) is 16.1 Å². The summed E-state index contributed by atoms with van der Waals surface area (Å²) in [5.41, 5.74) is 2.50. The Morgan fingerprint density at radius 3 is 2.12 bits per heavy atom. The second-order valence-electron chi connectivity index (χ2n) is 8.00. The molecule has 8 heteroatoms. The third kappa shape index (κ3) is 4.34. The Bertz CT molecular complexity index is 1070. The molecule has 1 fully saturated rings. The predicted molar refractivity (Wildman–Crippen MR) is 118 cm³/mol. The molecule has 166 valence electrons. The third-order valence-electron chi connectivity index (χ3n) is 5.86. The number of rotatable bonds is 4. The normalized spacial score (nSPS) is 15.8. The second-order valence-corrected chi connectivity index (χ2v) is 8.00. The van der Waals surface area contributed by atoms with E-state index in [1.807, 2.05) is 12.1 Å². The molecule has 2 aliphatic rings. The quantitative estimate of drug-likeness (QED) is 0.687. The maximum atomic E-state index is 12.8. The van der Waals surface area contributed by atoms with Crippen LogP contribution in [-0.4, -0.2) is 66.1 Å². The number of carbonyl (C=O) groups excluding carboxylic acids is 4. The Hall–Kier alpha value is -3.68. The molecule has 0 atom stereocenters. The molecule has 0 spiro atoms. The van der Waals surface area contributed by atoms with Crippen molar-refractivity contribution < 1.29 is 23.9 Å². The standard InChI is InChI=1S/C24H25N3O5/c1-16(28)20-7-8-22-21(13-20)27(23(30)15-32-22)14-18-3-5-19(6-4-18)24(31)26-11-9-25(10-12-26)17(2)29/h3-8,13H,9-12,14-15H2,1-2H3. The van der Waals surface area contributed by atoms with Gasteiger partial charge in [-0.1, -0.05) is 12.1 Å². The second kappa shape index (κ2) is 8.82. The number of piperazine rings is 1. The van der Waals surface area contributed by atoms with Crippen LogP contribution in [0.15, 0.2) is 42.5 Å². The fourth-order valence-electron chi connectivity index (χ4n) is 3.94. The molecule has 0 radical (unpaired) electrons. The Balaban J connectivity index is 1.47. The number of fused-ring (bicyclic) bond motifs is 1. The van der Waals surface area contributed by atoms with Gasteiger partial charge in [0.15, 0.2) is 12.4 Å². The number of hydrogen-bond acceptors (Lipinski definition) is 5.